The van der Waals surface area contributed by atoms with Crippen LogP contribution in [0, 0.1) is 12.7 Å². The second-order valence-corrected chi connectivity index (χ2v) is 6.55. The summed E-state index contributed by atoms with van der Waals surface area (Å²) >= 11 is 0. The zero-order chi connectivity index (χ0) is 18.8. The van der Waals surface area contributed by atoms with Gasteiger partial charge in [0.15, 0.2) is 5.65 Å². The summed E-state index contributed by atoms with van der Waals surface area (Å²) in [6, 6.07) is 8.34. The Hall–Kier alpha value is -2.84. The molecule has 2 aromatic heterocycles. The van der Waals surface area contributed by atoms with Crippen LogP contribution in [0.1, 0.15) is 5.56 Å². The molecule has 1 aliphatic heterocycles. The van der Waals surface area contributed by atoms with Gasteiger partial charge in [-0.3, -0.25) is 15.0 Å². The summed E-state index contributed by atoms with van der Waals surface area (Å²) in [5.41, 5.74) is 3.20. The minimum absolute atomic E-state index is 0.158. The number of amides is 1. The number of carbonyl (C=O) groups excluding carboxylic acids is 1. The van der Waals surface area contributed by atoms with Crippen LogP contribution < -0.4 is 5.32 Å². The van der Waals surface area contributed by atoms with Crippen molar-refractivity contribution in [2.75, 3.05) is 38.2 Å². The van der Waals surface area contributed by atoms with E-state index in [1.807, 2.05) is 17.9 Å². The van der Waals surface area contributed by atoms with Crippen LogP contribution in [0.2, 0.25) is 0 Å². The fraction of sp³-hybridized carbons (Fsp3) is 0.316. The van der Waals surface area contributed by atoms with Gasteiger partial charge in [-0.25, -0.2) is 8.91 Å². The number of pyridine rings is 1. The standard InChI is InChI=1S/C19H20FN5O2/c1-13-2-4-15(20)10-16(13)14-3-5-17-21-19(23-25(17)11-14)22-18(26)12-24-6-8-27-9-7-24/h2-5,10-11H,6-9,12H2,1H3,(H,22,23,26). The van der Waals surface area contributed by atoms with Crippen molar-refractivity contribution in [2.45, 2.75) is 6.92 Å². The molecule has 140 valence electrons. The summed E-state index contributed by atoms with van der Waals surface area (Å²) in [4.78, 5) is 18.6. The first kappa shape index (κ1) is 17.6. The molecule has 7 nitrogen and oxygen atoms in total. The van der Waals surface area contributed by atoms with Crippen molar-refractivity contribution in [2.24, 2.45) is 0 Å². The van der Waals surface area contributed by atoms with E-state index in [0.29, 0.717) is 18.9 Å². The van der Waals surface area contributed by atoms with E-state index in [4.69, 9.17) is 4.74 Å². The Labute approximate surface area is 155 Å². The summed E-state index contributed by atoms with van der Waals surface area (Å²) in [6.07, 6.45) is 1.78. The highest BCUT2D eigenvalue weighted by molar-refractivity contribution is 5.90. The largest absolute Gasteiger partial charge is 0.379 e. The van der Waals surface area contributed by atoms with Crippen molar-refractivity contribution in [3.05, 3.63) is 47.9 Å². The van der Waals surface area contributed by atoms with Crippen LogP contribution in [-0.2, 0) is 9.53 Å². The van der Waals surface area contributed by atoms with Gasteiger partial charge >= 0.3 is 0 Å². The molecule has 0 spiro atoms. The van der Waals surface area contributed by atoms with Crippen molar-refractivity contribution in [3.8, 4) is 11.1 Å². The van der Waals surface area contributed by atoms with E-state index in [-0.39, 0.29) is 24.2 Å². The molecule has 1 aliphatic rings. The number of fused-ring (bicyclic) bond motifs is 1. The Morgan fingerprint density at radius 3 is 2.89 bits per heavy atom. The number of halogens is 1. The molecule has 0 unspecified atom stereocenters. The van der Waals surface area contributed by atoms with Gasteiger partial charge in [-0.15, -0.1) is 5.10 Å². The molecule has 27 heavy (non-hydrogen) atoms. The van der Waals surface area contributed by atoms with Crippen LogP contribution in [0.25, 0.3) is 16.8 Å². The Kier molecular flexibility index (Phi) is 4.83. The summed E-state index contributed by atoms with van der Waals surface area (Å²) < 4.78 is 20.5. The lowest BCUT2D eigenvalue weighted by Gasteiger charge is -2.25. The van der Waals surface area contributed by atoms with Gasteiger partial charge in [0.25, 0.3) is 0 Å². The van der Waals surface area contributed by atoms with Crippen molar-refractivity contribution in [1.82, 2.24) is 19.5 Å². The molecule has 0 aliphatic carbocycles. The molecular weight excluding hydrogens is 349 g/mol. The highest BCUT2D eigenvalue weighted by Crippen LogP contribution is 2.24. The van der Waals surface area contributed by atoms with Gasteiger partial charge in [-0.1, -0.05) is 6.07 Å². The SMILES string of the molecule is Cc1ccc(F)cc1-c1ccc2nc(NC(=O)CN3CCOCC3)nn2c1. The van der Waals surface area contributed by atoms with Crippen LogP contribution in [0.5, 0.6) is 0 Å². The van der Waals surface area contributed by atoms with Gasteiger partial charge in [0.1, 0.15) is 5.82 Å². The number of morpholine rings is 1. The molecule has 1 fully saturated rings. The van der Waals surface area contributed by atoms with Crippen LogP contribution in [0.4, 0.5) is 10.3 Å². The maximum atomic E-state index is 13.6. The van der Waals surface area contributed by atoms with Gasteiger partial charge in [-0.05, 0) is 42.3 Å². The first-order valence-electron chi connectivity index (χ1n) is 8.81. The highest BCUT2D eigenvalue weighted by atomic mass is 19.1. The van der Waals surface area contributed by atoms with Crippen molar-refractivity contribution < 1.29 is 13.9 Å². The Morgan fingerprint density at radius 1 is 1.26 bits per heavy atom. The number of anilines is 1. The number of hydrogen-bond acceptors (Lipinski definition) is 5. The topological polar surface area (TPSA) is 71.8 Å². The second kappa shape index (κ2) is 7.42. The molecule has 0 saturated carbocycles. The lowest BCUT2D eigenvalue weighted by molar-refractivity contribution is -0.118. The average Bonchev–Trinajstić information content (AvgIpc) is 3.05. The van der Waals surface area contributed by atoms with Gasteiger partial charge in [0, 0.05) is 24.8 Å². The third kappa shape index (κ3) is 3.96. The van der Waals surface area contributed by atoms with E-state index >= 15 is 0 Å². The lowest BCUT2D eigenvalue weighted by Crippen LogP contribution is -2.41. The van der Waals surface area contributed by atoms with E-state index in [1.54, 1.807) is 22.8 Å². The van der Waals surface area contributed by atoms with E-state index < -0.39 is 0 Å². The van der Waals surface area contributed by atoms with Gasteiger partial charge in [0.2, 0.25) is 11.9 Å². The number of benzene rings is 1. The summed E-state index contributed by atoms with van der Waals surface area (Å²) in [7, 11) is 0. The summed E-state index contributed by atoms with van der Waals surface area (Å²) in [5.74, 6) is -0.194. The number of ether oxygens (including phenoxy) is 1. The van der Waals surface area contributed by atoms with E-state index in [1.165, 1.54) is 12.1 Å². The minimum Gasteiger partial charge on any atom is -0.379 e. The van der Waals surface area contributed by atoms with Crippen LogP contribution in [0.15, 0.2) is 36.5 Å². The molecule has 0 atom stereocenters. The number of rotatable bonds is 4. The maximum absolute atomic E-state index is 13.6. The minimum atomic E-state index is -0.287. The smallest absolute Gasteiger partial charge is 0.249 e. The molecule has 3 heterocycles. The van der Waals surface area contributed by atoms with Gasteiger partial charge in [-0.2, -0.15) is 4.98 Å². The zero-order valence-electron chi connectivity index (χ0n) is 15.0. The Bertz CT molecular complexity index is 981. The van der Waals surface area contributed by atoms with Crippen LogP contribution in [0.3, 0.4) is 0 Å². The number of carbonyl (C=O) groups is 1. The Balaban J connectivity index is 1.52. The zero-order valence-corrected chi connectivity index (χ0v) is 15.0. The van der Waals surface area contributed by atoms with Gasteiger partial charge < -0.3 is 4.74 Å². The predicted molar refractivity (Wildman–Crippen MR) is 99.0 cm³/mol. The molecule has 3 aromatic rings. The molecule has 8 heteroatoms. The second-order valence-electron chi connectivity index (χ2n) is 6.55. The molecule has 1 amide bonds. The first-order valence-corrected chi connectivity index (χ1v) is 8.81. The normalized spacial score (nSPS) is 15.2. The lowest BCUT2D eigenvalue weighted by atomic mass is 10.0. The number of aryl methyl sites for hydroxylation is 1. The monoisotopic (exact) mass is 369 g/mol. The van der Waals surface area contributed by atoms with E-state index in [2.05, 4.69) is 15.4 Å². The predicted octanol–water partition coefficient (Wildman–Crippen LogP) is 2.11. The number of aromatic nitrogens is 3. The molecule has 0 bridgehead atoms. The fourth-order valence-electron chi connectivity index (χ4n) is 3.13. The fourth-order valence-corrected chi connectivity index (χ4v) is 3.13. The van der Waals surface area contributed by atoms with Crippen molar-refractivity contribution in [1.29, 1.82) is 0 Å². The number of hydrogen-bond donors (Lipinski definition) is 1. The summed E-state index contributed by atoms with van der Waals surface area (Å²) in [5, 5.41) is 7.05. The average molecular weight is 369 g/mol. The van der Waals surface area contributed by atoms with Crippen LogP contribution in [-0.4, -0.2) is 58.3 Å². The third-order valence-corrected chi connectivity index (χ3v) is 4.56. The maximum Gasteiger partial charge on any atom is 0.249 e. The number of nitrogens with zero attached hydrogens (tertiary/aromatic N) is 4. The molecule has 1 N–H and O–H groups in total. The molecule has 1 saturated heterocycles. The quantitative estimate of drug-likeness (QED) is 0.763. The first-order chi connectivity index (χ1) is 13.1. The molecule has 1 aromatic carbocycles. The Morgan fingerprint density at radius 2 is 2.07 bits per heavy atom. The number of nitrogens with one attached hydrogen (secondary N) is 1. The van der Waals surface area contributed by atoms with Crippen molar-refractivity contribution >= 4 is 17.5 Å². The molecular formula is C19H20FN5O2. The van der Waals surface area contributed by atoms with E-state index in [0.717, 1.165) is 29.8 Å². The van der Waals surface area contributed by atoms with E-state index in [9.17, 15) is 9.18 Å². The van der Waals surface area contributed by atoms with Crippen molar-refractivity contribution in [3.63, 3.8) is 0 Å². The highest BCUT2D eigenvalue weighted by Gasteiger charge is 2.16. The van der Waals surface area contributed by atoms with Crippen LogP contribution >= 0.6 is 0 Å². The van der Waals surface area contributed by atoms with Gasteiger partial charge in [0.05, 0.1) is 19.8 Å². The molecule has 0 radical (unpaired) electrons. The molecule has 4 rings (SSSR count). The third-order valence-electron chi connectivity index (χ3n) is 4.56. The summed E-state index contributed by atoms with van der Waals surface area (Å²) in [6.45, 7) is 4.97.